The second kappa shape index (κ2) is 7.77. The van der Waals surface area contributed by atoms with E-state index in [1.165, 1.54) is 6.21 Å². The predicted molar refractivity (Wildman–Crippen MR) is 102 cm³/mol. The quantitative estimate of drug-likeness (QED) is 0.237. The van der Waals surface area contributed by atoms with Crippen LogP contribution in [0.15, 0.2) is 34.5 Å². The highest BCUT2D eigenvalue weighted by Crippen LogP contribution is 2.24. The molecule has 1 aliphatic rings. The molecule has 25 heavy (non-hydrogen) atoms. The Morgan fingerprint density at radius 3 is 2.12 bits per heavy atom. The molecule has 0 saturated heterocycles. The van der Waals surface area contributed by atoms with E-state index < -0.39 is 17.9 Å². The minimum Gasteiger partial charge on any atom is -0.375 e. The van der Waals surface area contributed by atoms with Gasteiger partial charge in [0.1, 0.15) is 5.71 Å². The molecule has 0 fully saturated rings. The molecule has 9 nitrogen and oxygen atoms in total. The van der Waals surface area contributed by atoms with Gasteiger partial charge in [-0.05, 0) is 43.5 Å². The zero-order chi connectivity index (χ0) is 18.6. The Morgan fingerprint density at radius 2 is 1.64 bits per heavy atom. The lowest BCUT2D eigenvalue weighted by Crippen LogP contribution is -2.44. The number of hydrazone groups is 2. The molecule has 0 aromatic heterocycles. The molecule has 0 saturated carbocycles. The summed E-state index contributed by atoms with van der Waals surface area (Å²) >= 11 is 9.35. The van der Waals surface area contributed by atoms with Gasteiger partial charge in [0.25, 0.3) is 11.8 Å². The summed E-state index contributed by atoms with van der Waals surface area (Å²) in [6.45, 7) is 1.62. The number of benzene rings is 1. The van der Waals surface area contributed by atoms with Crippen molar-refractivity contribution < 1.29 is 9.59 Å². The van der Waals surface area contributed by atoms with Crippen LogP contribution < -0.4 is 22.3 Å². The highest BCUT2D eigenvalue weighted by Gasteiger charge is 2.39. The van der Waals surface area contributed by atoms with Gasteiger partial charge in [-0.25, -0.2) is 0 Å². The Morgan fingerprint density at radius 1 is 1.12 bits per heavy atom. The first-order valence-electron chi connectivity index (χ1n) is 7.01. The lowest BCUT2D eigenvalue weighted by molar-refractivity contribution is 0.0636. The second-order valence-corrected chi connectivity index (χ2v) is 5.83. The highest BCUT2D eigenvalue weighted by molar-refractivity contribution is 7.80. The maximum atomic E-state index is 12.6. The van der Waals surface area contributed by atoms with Gasteiger partial charge in [-0.15, -0.1) is 0 Å². The summed E-state index contributed by atoms with van der Waals surface area (Å²) in [5.41, 5.74) is 16.3. The fraction of sp³-hybridized carbons (Fsp3) is 0.143. The highest BCUT2D eigenvalue weighted by atomic mass is 32.1. The number of imide groups is 1. The average molecular weight is 377 g/mol. The maximum absolute atomic E-state index is 12.6. The number of nitrogens with zero attached hydrogens (tertiary/aromatic N) is 3. The minimum absolute atomic E-state index is 0.0497. The van der Waals surface area contributed by atoms with Crippen molar-refractivity contribution in [2.75, 3.05) is 0 Å². The Kier molecular flexibility index (Phi) is 5.72. The Bertz CT molecular complexity index is 771. The van der Waals surface area contributed by atoms with E-state index in [2.05, 4.69) is 33.3 Å². The van der Waals surface area contributed by atoms with E-state index in [-0.39, 0.29) is 15.9 Å². The van der Waals surface area contributed by atoms with E-state index in [0.717, 1.165) is 4.90 Å². The molecule has 1 aliphatic heterocycles. The van der Waals surface area contributed by atoms with Crippen LogP contribution in [0.2, 0.25) is 0 Å². The summed E-state index contributed by atoms with van der Waals surface area (Å²) in [5.74, 6) is -0.848. The summed E-state index contributed by atoms with van der Waals surface area (Å²) in [6.07, 6.45) is 1.26. The van der Waals surface area contributed by atoms with Gasteiger partial charge in [0.15, 0.2) is 10.2 Å². The van der Waals surface area contributed by atoms with Crippen LogP contribution in [0, 0.1) is 0 Å². The number of rotatable bonds is 5. The number of carbonyl (C=O) groups excluding carboxylic acids is 2. The van der Waals surface area contributed by atoms with Crippen molar-refractivity contribution in [3.05, 3.63) is 35.4 Å². The first-order chi connectivity index (χ1) is 11.8. The fourth-order valence-corrected chi connectivity index (χ4v) is 2.30. The van der Waals surface area contributed by atoms with Gasteiger partial charge in [0, 0.05) is 0 Å². The molecule has 1 atom stereocenters. The van der Waals surface area contributed by atoms with Crippen LogP contribution in [0.25, 0.3) is 0 Å². The third-order valence-electron chi connectivity index (χ3n) is 3.31. The second-order valence-electron chi connectivity index (χ2n) is 4.95. The first kappa shape index (κ1) is 18.4. The molecule has 1 heterocycles. The lowest BCUT2D eigenvalue weighted by atomic mass is 10.1. The summed E-state index contributed by atoms with van der Waals surface area (Å²) in [5, 5.41) is 7.64. The van der Waals surface area contributed by atoms with Crippen LogP contribution in [-0.4, -0.2) is 44.9 Å². The Labute approximate surface area is 154 Å². The van der Waals surface area contributed by atoms with E-state index in [1.54, 1.807) is 31.2 Å². The Balaban J connectivity index is 2.31. The molecule has 0 radical (unpaired) electrons. The van der Waals surface area contributed by atoms with E-state index in [1.807, 2.05) is 0 Å². The molecule has 6 N–H and O–H groups in total. The van der Waals surface area contributed by atoms with Crippen LogP contribution >= 0.6 is 24.4 Å². The van der Waals surface area contributed by atoms with Gasteiger partial charge >= 0.3 is 0 Å². The molecule has 0 unspecified atom stereocenters. The van der Waals surface area contributed by atoms with Crippen LogP contribution in [0.1, 0.15) is 27.6 Å². The monoisotopic (exact) mass is 377 g/mol. The average Bonchev–Trinajstić information content (AvgIpc) is 2.81. The summed E-state index contributed by atoms with van der Waals surface area (Å²) in [6, 6.07) is 5.82. The lowest BCUT2D eigenvalue weighted by Gasteiger charge is -2.22. The normalized spacial score (nSPS) is 15.2. The zero-order valence-electron chi connectivity index (χ0n) is 13.1. The van der Waals surface area contributed by atoms with E-state index >= 15 is 0 Å². The van der Waals surface area contributed by atoms with Crippen LogP contribution in [0.5, 0.6) is 0 Å². The van der Waals surface area contributed by atoms with Crippen molar-refractivity contribution >= 4 is 58.4 Å². The fourth-order valence-electron chi connectivity index (χ4n) is 2.20. The van der Waals surface area contributed by atoms with Gasteiger partial charge in [-0.3, -0.25) is 25.3 Å². The summed E-state index contributed by atoms with van der Waals surface area (Å²) in [4.78, 5) is 26.2. The van der Waals surface area contributed by atoms with Crippen molar-refractivity contribution in [2.45, 2.75) is 13.0 Å². The van der Waals surface area contributed by atoms with Crippen LogP contribution in [0.4, 0.5) is 0 Å². The molecule has 2 rings (SSSR count). The van der Waals surface area contributed by atoms with Gasteiger partial charge in [0.2, 0.25) is 0 Å². The summed E-state index contributed by atoms with van der Waals surface area (Å²) < 4.78 is 0. The molecule has 11 heteroatoms. The van der Waals surface area contributed by atoms with Crippen molar-refractivity contribution in [3.63, 3.8) is 0 Å². The zero-order valence-corrected chi connectivity index (χ0v) is 14.7. The van der Waals surface area contributed by atoms with Gasteiger partial charge in [0.05, 0.1) is 23.4 Å². The van der Waals surface area contributed by atoms with E-state index in [9.17, 15) is 9.59 Å². The van der Waals surface area contributed by atoms with Crippen molar-refractivity contribution in [1.82, 2.24) is 15.8 Å². The number of hydrogen-bond acceptors (Lipinski definition) is 6. The number of thiocarbonyl (C=S) groups is 2. The number of carbonyl (C=O) groups is 2. The molecule has 1 aromatic rings. The molecule has 2 amide bonds. The van der Waals surface area contributed by atoms with Crippen molar-refractivity contribution in [3.8, 4) is 0 Å². The van der Waals surface area contributed by atoms with E-state index in [0.29, 0.717) is 11.1 Å². The van der Waals surface area contributed by atoms with E-state index in [4.69, 9.17) is 23.7 Å². The van der Waals surface area contributed by atoms with Gasteiger partial charge in [-0.2, -0.15) is 10.2 Å². The van der Waals surface area contributed by atoms with Gasteiger partial charge < -0.3 is 11.5 Å². The number of nitrogens with one attached hydrogen (secondary N) is 2. The molecule has 0 bridgehead atoms. The molecular formula is C14H15N7O2S2. The topological polar surface area (TPSA) is 138 Å². The Hall–Kier alpha value is -2.92. The molecule has 1 aromatic carbocycles. The van der Waals surface area contributed by atoms with Crippen LogP contribution in [-0.2, 0) is 0 Å². The third-order valence-corrected chi connectivity index (χ3v) is 3.49. The smallest absolute Gasteiger partial charge is 0.262 e. The number of hydrogen-bond donors (Lipinski definition) is 4. The minimum atomic E-state index is -0.744. The van der Waals surface area contributed by atoms with Gasteiger partial charge in [-0.1, -0.05) is 12.1 Å². The number of nitrogens with two attached hydrogens (primary N) is 2. The van der Waals surface area contributed by atoms with Crippen molar-refractivity contribution in [1.29, 1.82) is 0 Å². The van der Waals surface area contributed by atoms with Crippen molar-refractivity contribution in [2.24, 2.45) is 21.7 Å². The first-order valence-corrected chi connectivity index (χ1v) is 7.83. The number of fused-ring (bicyclic) bond motifs is 1. The molecule has 0 aliphatic carbocycles. The molecular weight excluding hydrogens is 362 g/mol. The summed E-state index contributed by atoms with van der Waals surface area (Å²) in [7, 11) is 0. The van der Waals surface area contributed by atoms with Crippen LogP contribution in [0.3, 0.4) is 0 Å². The molecule has 130 valence electrons. The maximum Gasteiger partial charge on any atom is 0.262 e. The third kappa shape index (κ3) is 4.14. The molecule has 0 spiro atoms. The SMILES string of the molecule is C[C@H](C(/C=N\NC(N)=S)=N/NC(N)=S)N1C(=O)c2ccccc2C1=O. The standard InChI is InChI=1S/C14H15N7O2S2/c1-7(10(18-20-14(16)25)6-17-19-13(15)24)21-11(22)8-4-2-3-5-9(8)12(21)23/h2-7H,1H3,(H3,15,19,24)(H3,16,20,25)/b17-6-,18-10+/t7-/m1/s1. The number of amides is 2. The predicted octanol–water partition coefficient (Wildman–Crippen LogP) is -0.321. The largest absolute Gasteiger partial charge is 0.375 e.